The van der Waals surface area contributed by atoms with Gasteiger partial charge in [0.15, 0.2) is 5.78 Å². The molecule has 0 saturated heterocycles. The fourth-order valence-corrected chi connectivity index (χ4v) is 2.61. The van der Waals surface area contributed by atoms with Crippen LogP contribution in [0, 0.1) is 13.8 Å². The zero-order valence-electron chi connectivity index (χ0n) is 9.67. The maximum absolute atomic E-state index is 11.5. The molecule has 0 spiro atoms. The zero-order chi connectivity index (χ0) is 11.7. The number of ketones is 1. The highest BCUT2D eigenvalue weighted by atomic mass is 32.1. The molecule has 0 aliphatic carbocycles. The van der Waals surface area contributed by atoms with Crippen LogP contribution in [0.25, 0.3) is 0 Å². The summed E-state index contributed by atoms with van der Waals surface area (Å²) < 4.78 is 0. The average Bonchev–Trinajstić information content (AvgIpc) is 2.41. The maximum atomic E-state index is 11.5. The van der Waals surface area contributed by atoms with Crippen molar-refractivity contribution in [2.24, 2.45) is 0 Å². The number of anilines is 1. The summed E-state index contributed by atoms with van der Waals surface area (Å²) in [6.07, 6.45) is 0. The largest absolute Gasteiger partial charge is 0.307 e. The van der Waals surface area contributed by atoms with E-state index in [0.29, 0.717) is 5.56 Å². The SMILES string of the molecule is CC(=O)c1c(N(C)C(C)=O)sc(C)c1C. The van der Waals surface area contributed by atoms with E-state index in [-0.39, 0.29) is 11.7 Å². The first-order valence-electron chi connectivity index (χ1n) is 4.71. The quantitative estimate of drug-likeness (QED) is 0.725. The fourth-order valence-electron chi connectivity index (χ4n) is 1.40. The highest BCUT2D eigenvalue weighted by Crippen LogP contribution is 2.35. The molecule has 0 atom stereocenters. The lowest BCUT2D eigenvalue weighted by Gasteiger charge is -2.14. The van der Waals surface area contributed by atoms with Crippen molar-refractivity contribution in [3.05, 3.63) is 16.0 Å². The van der Waals surface area contributed by atoms with Crippen LogP contribution in [0.3, 0.4) is 0 Å². The molecule has 0 bridgehead atoms. The average molecular weight is 225 g/mol. The second-order valence-electron chi connectivity index (χ2n) is 3.60. The molecule has 0 aliphatic rings. The molecule has 1 heterocycles. The van der Waals surface area contributed by atoms with Gasteiger partial charge in [-0.15, -0.1) is 11.3 Å². The first kappa shape index (κ1) is 11.9. The molecule has 0 unspecified atom stereocenters. The number of Topliss-reactive ketones (excluding diaryl/α,β-unsaturated/α-hetero) is 1. The van der Waals surface area contributed by atoms with Gasteiger partial charge in [-0.1, -0.05) is 0 Å². The summed E-state index contributed by atoms with van der Waals surface area (Å²) >= 11 is 1.49. The predicted molar refractivity (Wildman–Crippen MR) is 62.9 cm³/mol. The standard InChI is InChI=1S/C11H15NO2S/c1-6-8(3)15-11(10(6)7(2)13)12(5)9(4)14/h1-5H3. The molecular formula is C11H15NO2S. The number of thiophene rings is 1. The summed E-state index contributed by atoms with van der Waals surface area (Å²) in [5.74, 6) is -0.0429. The molecule has 3 nitrogen and oxygen atoms in total. The Morgan fingerprint density at radius 3 is 2.13 bits per heavy atom. The molecule has 0 fully saturated rings. The minimum atomic E-state index is -0.0567. The number of aryl methyl sites for hydroxylation is 1. The van der Waals surface area contributed by atoms with Crippen LogP contribution in [0.1, 0.15) is 34.6 Å². The van der Waals surface area contributed by atoms with Gasteiger partial charge in [-0.3, -0.25) is 9.59 Å². The van der Waals surface area contributed by atoms with E-state index in [1.165, 1.54) is 30.1 Å². The Bertz CT molecular complexity index is 420. The molecule has 15 heavy (non-hydrogen) atoms. The number of carbonyl (C=O) groups excluding carboxylic acids is 2. The summed E-state index contributed by atoms with van der Waals surface area (Å²) in [5, 5.41) is 0.755. The van der Waals surface area contributed by atoms with Gasteiger partial charge >= 0.3 is 0 Å². The van der Waals surface area contributed by atoms with Crippen molar-refractivity contribution >= 4 is 28.0 Å². The lowest BCUT2D eigenvalue weighted by atomic mass is 10.1. The Labute approximate surface area is 93.7 Å². The van der Waals surface area contributed by atoms with Crippen molar-refractivity contribution in [1.82, 2.24) is 0 Å². The van der Waals surface area contributed by atoms with Crippen LogP contribution in [-0.4, -0.2) is 18.7 Å². The summed E-state index contributed by atoms with van der Waals surface area (Å²) in [6.45, 7) is 6.91. The second kappa shape index (κ2) is 4.14. The molecule has 0 radical (unpaired) electrons. The van der Waals surface area contributed by atoms with E-state index < -0.39 is 0 Å². The number of hydrogen-bond acceptors (Lipinski definition) is 3. The lowest BCUT2D eigenvalue weighted by Crippen LogP contribution is -2.23. The Hall–Kier alpha value is -1.16. The zero-order valence-corrected chi connectivity index (χ0v) is 10.5. The Kier molecular flexibility index (Phi) is 3.29. The molecule has 1 amide bonds. The molecule has 1 aromatic heterocycles. The van der Waals surface area contributed by atoms with Crippen LogP contribution in [0.5, 0.6) is 0 Å². The van der Waals surface area contributed by atoms with Gasteiger partial charge in [-0.05, 0) is 26.3 Å². The predicted octanol–water partition coefficient (Wildman–Crippen LogP) is 2.55. The number of rotatable bonds is 2. The molecular weight excluding hydrogens is 210 g/mol. The van der Waals surface area contributed by atoms with Crippen molar-refractivity contribution in [1.29, 1.82) is 0 Å². The number of nitrogens with zero attached hydrogens (tertiary/aromatic N) is 1. The molecule has 82 valence electrons. The van der Waals surface area contributed by atoms with Crippen LogP contribution in [0.2, 0.25) is 0 Å². The molecule has 0 aromatic carbocycles. The summed E-state index contributed by atoms with van der Waals surface area (Å²) in [7, 11) is 1.69. The third-order valence-electron chi connectivity index (χ3n) is 2.50. The fraction of sp³-hybridized carbons (Fsp3) is 0.455. The van der Waals surface area contributed by atoms with E-state index in [4.69, 9.17) is 0 Å². The monoisotopic (exact) mass is 225 g/mol. The minimum absolute atomic E-state index is 0.0138. The Balaban J connectivity index is 3.35. The second-order valence-corrected chi connectivity index (χ2v) is 4.80. The molecule has 0 aliphatic heterocycles. The van der Waals surface area contributed by atoms with E-state index in [2.05, 4.69) is 0 Å². The normalized spacial score (nSPS) is 10.2. The third-order valence-corrected chi connectivity index (χ3v) is 3.78. The van der Waals surface area contributed by atoms with E-state index in [0.717, 1.165) is 15.4 Å². The molecule has 0 saturated carbocycles. The van der Waals surface area contributed by atoms with Gasteiger partial charge in [0.2, 0.25) is 5.91 Å². The number of amides is 1. The van der Waals surface area contributed by atoms with Crippen LogP contribution >= 0.6 is 11.3 Å². The molecule has 1 aromatic rings. The van der Waals surface area contributed by atoms with Crippen LogP contribution in [-0.2, 0) is 4.79 Å². The van der Waals surface area contributed by atoms with Gasteiger partial charge in [-0.25, -0.2) is 0 Å². The van der Waals surface area contributed by atoms with Gasteiger partial charge < -0.3 is 4.90 Å². The van der Waals surface area contributed by atoms with Crippen molar-refractivity contribution in [3.63, 3.8) is 0 Å². The molecule has 0 N–H and O–H groups in total. The third kappa shape index (κ3) is 2.09. The van der Waals surface area contributed by atoms with E-state index >= 15 is 0 Å². The molecule has 1 rings (SSSR count). The Morgan fingerprint density at radius 1 is 1.20 bits per heavy atom. The van der Waals surface area contributed by atoms with Gasteiger partial charge in [-0.2, -0.15) is 0 Å². The van der Waals surface area contributed by atoms with Crippen molar-refractivity contribution in [3.8, 4) is 0 Å². The Morgan fingerprint density at radius 2 is 1.73 bits per heavy atom. The van der Waals surface area contributed by atoms with Gasteiger partial charge in [0, 0.05) is 18.8 Å². The van der Waals surface area contributed by atoms with Crippen molar-refractivity contribution in [2.75, 3.05) is 11.9 Å². The highest BCUT2D eigenvalue weighted by molar-refractivity contribution is 7.16. The van der Waals surface area contributed by atoms with Crippen molar-refractivity contribution in [2.45, 2.75) is 27.7 Å². The van der Waals surface area contributed by atoms with Crippen LogP contribution in [0.4, 0.5) is 5.00 Å². The first-order valence-corrected chi connectivity index (χ1v) is 5.53. The highest BCUT2D eigenvalue weighted by Gasteiger charge is 2.20. The van der Waals surface area contributed by atoms with E-state index in [1.807, 2.05) is 13.8 Å². The summed E-state index contributed by atoms with van der Waals surface area (Å²) in [6, 6.07) is 0. The topological polar surface area (TPSA) is 37.4 Å². The first-order chi connectivity index (χ1) is 6.86. The smallest absolute Gasteiger partial charge is 0.224 e. The van der Waals surface area contributed by atoms with Crippen LogP contribution < -0.4 is 4.90 Å². The van der Waals surface area contributed by atoms with E-state index in [1.54, 1.807) is 7.05 Å². The minimum Gasteiger partial charge on any atom is -0.307 e. The van der Waals surface area contributed by atoms with Gasteiger partial charge in [0.25, 0.3) is 0 Å². The van der Waals surface area contributed by atoms with Crippen molar-refractivity contribution < 1.29 is 9.59 Å². The molecule has 4 heteroatoms. The van der Waals surface area contributed by atoms with Gasteiger partial charge in [0.1, 0.15) is 5.00 Å². The maximum Gasteiger partial charge on any atom is 0.224 e. The lowest BCUT2D eigenvalue weighted by molar-refractivity contribution is -0.116. The number of carbonyl (C=O) groups is 2. The summed E-state index contributed by atoms with van der Waals surface area (Å²) in [4.78, 5) is 25.4. The summed E-state index contributed by atoms with van der Waals surface area (Å²) in [5.41, 5.74) is 1.66. The van der Waals surface area contributed by atoms with Crippen LogP contribution in [0.15, 0.2) is 0 Å². The van der Waals surface area contributed by atoms with Gasteiger partial charge in [0.05, 0.1) is 5.56 Å². The number of hydrogen-bond donors (Lipinski definition) is 0. The van der Waals surface area contributed by atoms with E-state index in [9.17, 15) is 9.59 Å².